The van der Waals surface area contributed by atoms with Crippen molar-refractivity contribution in [2.75, 3.05) is 0 Å². The molecular formula is C12H19N3O. The van der Waals surface area contributed by atoms with Gasteiger partial charge in [0, 0.05) is 24.4 Å². The van der Waals surface area contributed by atoms with E-state index in [1.54, 1.807) is 12.4 Å². The lowest BCUT2D eigenvalue weighted by Gasteiger charge is -2.19. The fourth-order valence-electron chi connectivity index (χ4n) is 1.32. The van der Waals surface area contributed by atoms with Gasteiger partial charge in [-0.1, -0.05) is 6.92 Å². The van der Waals surface area contributed by atoms with E-state index in [2.05, 4.69) is 10.3 Å². The van der Waals surface area contributed by atoms with Gasteiger partial charge in [-0.05, 0) is 31.5 Å². The molecule has 0 saturated carbocycles. The van der Waals surface area contributed by atoms with Crippen LogP contribution in [0, 0.1) is 5.92 Å². The zero-order chi connectivity index (χ0) is 12.1. The van der Waals surface area contributed by atoms with Crippen LogP contribution < -0.4 is 11.1 Å². The summed E-state index contributed by atoms with van der Waals surface area (Å²) in [7, 11) is 0. The molecule has 0 spiro atoms. The highest BCUT2D eigenvalue weighted by Crippen LogP contribution is 2.11. The standard InChI is InChI=1S/C12H19N3O/c1-8(9(2)13)12(16)15-10(3)11-4-6-14-7-5-11/h4-10H,13H2,1-3H3,(H,15,16)/t8?,9?,10-/m0/s1. The van der Waals surface area contributed by atoms with Crippen LogP contribution in [0.4, 0.5) is 0 Å². The Labute approximate surface area is 96.3 Å². The van der Waals surface area contributed by atoms with E-state index in [9.17, 15) is 4.79 Å². The molecule has 0 aliphatic carbocycles. The zero-order valence-corrected chi connectivity index (χ0v) is 9.97. The van der Waals surface area contributed by atoms with Gasteiger partial charge in [-0.25, -0.2) is 0 Å². The molecular weight excluding hydrogens is 202 g/mol. The lowest BCUT2D eigenvalue weighted by atomic mass is 10.0. The molecule has 1 aromatic rings. The van der Waals surface area contributed by atoms with Crippen molar-refractivity contribution in [3.05, 3.63) is 30.1 Å². The average Bonchev–Trinajstić information content (AvgIpc) is 2.28. The molecule has 1 aromatic heterocycles. The lowest BCUT2D eigenvalue weighted by molar-refractivity contribution is -0.125. The first kappa shape index (κ1) is 12.6. The first-order valence-electron chi connectivity index (χ1n) is 5.48. The molecule has 4 nitrogen and oxygen atoms in total. The van der Waals surface area contributed by atoms with Crippen molar-refractivity contribution in [3.8, 4) is 0 Å². The molecule has 0 saturated heterocycles. The Morgan fingerprint density at radius 1 is 1.31 bits per heavy atom. The molecule has 1 heterocycles. The molecule has 3 atom stereocenters. The van der Waals surface area contributed by atoms with Gasteiger partial charge in [-0.2, -0.15) is 0 Å². The third kappa shape index (κ3) is 3.31. The fraction of sp³-hybridized carbons (Fsp3) is 0.500. The molecule has 0 radical (unpaired) electrons. The van der Waals surface area contributed by atoms with Crippen molar-refractivity contribution in [2.24, 2.45) is 11.7 Å². The van der Waals surface area contributed by atoms with Crippen LogP contribution in [-0.4, -0.2) is 16.9 Å². The Hall–Kier alpha value is -1.42. The van der Waals surface area contributed by atoms with Crippen LogP contribution in [0.5, 0.6) is 0 Å². The van der Waals surface area contributed by atoms with E-state index in [0.29, 0.717) is 0 Å². The minimum Gasteiger partial charge on any atom is -0.349 e. The molecule has 0 aromatic carbocycles. The SMILES string of the molecule is CC(N)C(C)C(=O)N[C@@H](C)c1ccncc1. The van der Waals surface area contributed by atoms with Crippen LogP contribution in [0.15, 0.2) is 24.5 Å². The maximum absolute atomic E-state index is 11.8. The van der Waals surface area contributed by atoms with Crippen LogP contribution in [0.25, 0.3) is 0 Å². The second-order valence-corrected chi connectivity index (χ2v) is 4.16. The number of hydrogen-bond acceptors (Lipinski definition) is 3. The highest BCUT2D eigenvalue weighted by atomic mass is 16.1. The maximum atomic E-state index is 11.8. The van der Waals surface area contributed by atoms with Gasteiger partial charge in [0.15, 0.2) is 0 Å². The number of nitrogens with zero attached hydrogens (tertiary/aromatic N) is 1. The van der Waals surface area contributed by atoms with Crippen LogP contribution in [0.1, 0.15) is 32.4 Å². The van der Waals surface area contributed by atoms with E-state index >= 15 is 0 Å². The van der Waals surface area contributed by atoms with Crippen LogP contribution in [0.3, 0.4) is 0 Å². The van der Waals surface area contributed by atoms with Gasteiger partial charge < -0.3 is 11.1 Å². The van der Waals surface area contributed by atoms with E-state index in [0.717, 1.165) is 5.56 Å². The number of hydrogen-bond donors (Lipinski definition) is 2. The number of carbonyl (C=O) groups excluding carboxylic acids is 1. The third-order valence-electron chi connectivity index (χ3n) is 2.77. The average molecular weight is 221 g/mol. The molecule has 3 N–H and O–H groups in total. The fourth-order valence-corrected chi connectivity index (χ4v) is 1.32. The zero-order valence-electron chi connectivity index (χ0n) is 9.97. The molecule has 0 bridgehead atoms. The summed E-state index contributed by atoms with van der Waals surface area (Å²) in [6.07, 6.45) is 3.43. The first-order chi connectivity index (χ1) is 7.52. The molecule has 88 valence electrons. The number of nitrogens with one attached hydrogen (secondary N) is 1. The third-order valence-corrected chi connectivity index (χ3v) is 2.77. The summed E-state index contributed by atoms with van der Waals surface area (Å²) in [5.74, 6) is -0.191. The van der Waals surface area contributed by atoms with E-state index in [1.165, 1.54) is 0 Å². The Bertz CT molecular complexity index is 337. The quantitative estimate of drug-likeness (QED) is 0.803. The number of nitrogens with two attached hydrogens (primary N) is 1. The van der Waals surface area contributed by atoms with E-state index in [1.807, 2.05) is 32.9 Å². The molecule has 1 rings (SSSR count). The van der Waals surface area contributed by atoms with Gasteiger partial charge in [0.1, 0.15) is 0 Å². The van der Waals surface area contributed by atoms with Gasteiger partial charge in [-0.3, -0.25) is 9.78 Å². The number of carbonyl (C=O) groups is 1. The lowest BCUT2D eigenvalue weighted by Crippen LogP contribution is -2.39. The second kappa shape index (κ2) is 5.61. The van der Waals surface area contributed by atoms with Crippen molar-refractivity contribution >= 4 is 5.91 Å². The van der Waals surface area contributed by atoms with Gasteiger partial charge in [0.05, 0.1) is 6.04 Å². The van der Waals surface area contributed by atoms with E-state index < -0.39 is 0 Å². The predicted octanol–water partition coefficient (Wildman–Crippen LogP) is 1.24. The summed E-state index contributed by atoms with van der Waals surface area (Å²) in [5.41, 5.74) is 6.72. The molecule has 0 aliphatic heterocycles. The molecule has 0 aliphatic rings. The smallest absolute Gasteiger partial charge is 0.224 e. The predicted molar refractivity (Wildman–Crippen MR) is 63.6 cm³/mol. The summed E-state index contributed by atoms with van der Waals surface area (Å²) >= 11 is 0. The molecule has 0 fully saturated rings. The highest BCUT2D eigenvalue weighted by Gasteiger charge is 2.18. The number of amides is 1. The van der Waals surface area contributed by atoms with E-state index in [4.69, 9.17) is 5.73 Å². The summed E-state index contributed by atoms with van der Waals surface area (Å²) in [6.45, 7) is 5.61. The van der Waals surface area contributed by atoms with Gasteiger partial charge in [0.25, 0.3) is 0 Å². The molecule has 2 unspecified atom stereocenters. The van der Waals surface area contributed by atoms with Gasteiger partial charge >= 0.3 is 0 Å². The van der Waals surface area contributed by atoms with Crippen LogP contribution in [-0.2, 0) is 4.79 Å². The molecule has 1 amide bonds. The molecule has 4 heteroatoms. The molecule has 16 heavy (non-hydrogen) atoms. The minimum atomic E-state index is -0.177. The van der Waals surface area contributed by atoms with Gasteiger partial charge in [0.2, 0.25) is 5.91 Å². The monoisotopic (exact) mass is 221 g/mol. The topological polar surface area (TPSA) is 68.0 Å². The summed E-state index contributed by atoms with van der Waals surface area (Å²) < 4.78 is 0. The van der Waals surface area contributed by atoms with Crippen molar-refractivity contribution in [1.82, 2.24) is 10.3 Å². The number of aromatic nitrogens is 1. The Morgan fingerprint density at radius 3 is 2.38 bits per heavy atom. The van der Waals surface area contributed by atoms with Crippen molar-refractivity contribution in [3.63, 3.8) is 0 Å². The minimum absolute atomic E-state index is 0.0145. The van der Waals surface area contributed by atoms with E-state index in [-0.39, 0.29) is 23.9 Å². The van der Waals surface area contributed by atoms with Crippen LogP contribution >= 0.6 is 0 Å². The van der Waals surface area contributed by atoms with Crippen molar-refractivity contribution in [1.29, 1.82) is 0 Å². The first-order valence-corrected chi connectivity index (χ1v) is 5.48. The Kier molecular flexibility index (Phi) is 4.43. The summed E-state index contributed by atoms with van der Waals surface area (Å²) in [5, 5.41) is 2.93. The second-order valence-electron chi connectivity index (χ2n) is 4.16. The number of rotatable bonds is 4. The van der Waals surface area contributed by atoms with Crippen molar-refractivity contribution < 1.29 is 4.79 Å². The highest BCUT2D eigenvalue weighted by molar-refractivity contribution is 5.79. The summed E-state index contributed by atoms with van der Waals surface area (Å²) in [6, 6.07) is 3.63. The largest absolute Gasteiger partial charge is 0.349 e. The Morgan fingerprint density at radius 2 is 1.88 bits per heavy atom. The van der Waals surface area contributed by atoms with Gasteiger partial charge in [-0.15, -0.1) is 0 Å². The normalized spacial score (nSPS) is 16.2. The van der Waals surface area contributed by atoms with Crippen molar-refractivity contribution in [2.45, 2.75) is 32.9 Å². The number of pyridine rings is 1. The van der Waals surface area contributed by atoms with Crippen LogP contribution in [0.2, 0.25) is 0 Å². The maximum Gasteiger partial charge on any atom is 0.224 e. The Balaban J connectivity index is 2.58. The summed E-state index contributed by atoms with van der Waals surface area (Å²) in [4.78, 5) is 15.7.